The van der Waals surface area contributed by atoms with Crippen LogP contribution in [0.2, 0.25) is 5.02 Å². The molecule has 0 spiro atoms. The average Bonchev–Trinajstić information content (AvgIpc) is 2.90. The lowest BCUT2D eigenvalue weighted by molar-refractivity contribution is -0.144. The van der Waals surface area contributed by atoms with E-state index < -0.39 is 12.0 Å². The minimum absolute atomic E-state index is 0.467. The predicted molar refractivity (Wildman–Crippen MR) is 80.1 cm³/mol. The predicted octanol–water partition coefficient (Wildman–Crippen LogP) is 3.41. The number of halogens is 1. The highest BCUT2D eigenvalue weighted by Gasteiger charge is 2.31. The fourth-order valence-electron chi connectivity index (χ4n) is 2.62. The summed E-state index contributed by atoms with van der Waals surface area (Å²) in [5.41, 5.74) is 2.22. The summed E-state index contributed by atoms with van der Waals surface area (Å²) in [6.07, 6.45) is 0.535. The molecule has 0 bridgehead atoms. The smallest absolute Gasteiger partial charge is 0.321 e. The molecule has 0 saturated carbocycles. The summed E-state index contributed by atoms with van der Waals surface area (Å²) in [4.78, 5) is 14.7. The number of carbonyl (C=O) groups is 1. The van der Waals surface area contributed by atoms with Gasteiger partial charge in [0.15, 0.2) is 0 Å². The second kappa shape index (κ2) is 5.56. The van der Waals surface area contributed by atoms with Crippen LogP contribution in [0.1, 0.15) is 16.0 Å². The largest absolute Gasteiger partial charge is 0.480 e. The van der Waals surface area contributed by atoms with Gasteiger partial charge in [0.1, 0.15) is 6.04 Å². The van der Waals surface area contributed by atoms with E-state index in [2.05, 4.69) is 0 Å². The minimum Gasteiger partial charge on any atom is -0.480 e. The standard InChI is InChI=1S/C15H14ClNO2S/c16-12-4-3-10-7-14(15(18)19)17(8-11(10)6-12)9-13-2-1-5-20-13/h1-6,14H,7-9H2,(H,18,19). The van der Waals surface area contributed by atoms with Gasteiger partial charge < -0.3 is 5.11 Å². The molecule has 0 saturated heterocycles. The zero-order chi connectivity index (χ0) is 14.1. The van der Waals surface area contributed by atoms with Crippen molar-refractivity contribution in [1.82, 2.24) is 4.90 Å². The molecule has 3 rings (SSSR count). The van der Waals surface area contributed by atoms with Crippen molar-refractivity contribution in [3.8, 4) is 0 Å². The number of benzene rings is 1. The number of fused-ring (bicyclic) bond motifs is 1. The molecule has 3 nitrogen and oxygen atoms in total. The molecule has 0 fully saturated rings. The van der Waals surface area contributed by atoms with Gasteiger partial charge in [-0.05, 0) is 41.1 Å². The van der Waals surface area contributed by atoms with E-state index in [4.69, 9.17) is 11.6 Å². The van der Waals surface area contributed by atoms with Crippen molar-refractivity contribution in [2.75, 3.05) is 0 Å². The first-order chi connectivity index (χ1) is 9.63. The van der Waals surface area contributed by atoms with Crippen molar-refractivity contribution >= 4 is 28.9 Å². The zero-order valence-electron chi connectivity index (χ0n) is 10.8. The lowest BCUT2D eigenvalue weighted by Crippen LogP contribution is -2.44. The van der Waals surface area contributed by atoms with E-state index in [1.807, 2.05) is 40.6 Å². The Bertz CT molecular complexity index is 627. The summed E-state index contributed by atoms with van der Waals surface area (Å²) in [5, 5.41) is 12.2. The van der Waals surface area contributed by atoms with Crippen molar-refractivity contribution in [2.45, 2.75) is 25.6 Å². The van der Waals surface area contributed by atoms with Crippen LogP contribution in [0.25, 0.3) is 0 Å². The summed E-state index contributed by atoms with van der Waals surface area (Å²) in [6, 6.07) is 9.27. The SMILES string of the molecule is O=C(O)C1Cc2ccc(Cl)cc2CN1Cc1cccs1. The van der Waals surface area contributed by atoms with Crippen LogP contribution in [0.3, 0.4) is 0 Å². The van der Waals surface area contributed by atoms with Gasteiger partial charge in [-0.2, -0.15) is 0 Å². The second-order valence-electron chi connectivity index (χ2n) is 4.96. The molecule has 1 aliphatic rings. The molecule has 20 heavy (non-hydrogen) atoms. The number of aliphatic carboxylic acids is 1. The molecule has 5 heteroatoms. The molecule has 1 aromatic heterocycles. The Balaban J connectivity index is 1.89. The summed E-state index contributed by atoms with van der Waals surface area (Å²) >= 11 is 7.69. The summed E-state index contributed by atoms with van der Waals surface area (Å²) in [7, 11) is 0. The van der Waals surface area contributed by atoms with Crippen LogP contribution in [0.15, 0.2) is 35.7 Å². The number of hydrogen-bond donors (Lipinski definition) is 1. The van der Waals surface area contributed by atoms with Gasteiger partial charge in [0.25, 0.3) is 0 Å². The highest BCUT2D eigenvalue weighted by atomic mass is 35.5. The summed E-state index contributed by atoms with van der Waals surface area (Å²) < 4.78 is 0. The Morgan fingerprint density at radius 3 is 2.95 bits per heavy atom. The van der Waals surface area contributed by atoms with Crippen LogP contribution >= 0.6 is 22.9 Å². The highest BCUT2D eigenvalue weighted by molar-refractivity contribution is 7.09. The van der Waals surface area contributed by atoms with Crippen LogP contribution in [-0.2, 0) is 24.3 Å². The maximum Gasteiger partial charge on any atom is 0.321 e. The van der Waals surface area contributed by atoms with E-state index in [0.29, 0.717) is 24.5 Å². The first-order valence-electron chi connectivity index (χ1n) is 6.40. The molecule has 0 amide bonds. The topological polar surface area (TPSA) is 40.5 Å². The van der Waals surface area contributed by atoms with E-state index in [9.17, 15) is 9.90 Å². The zero-order valence-corrected chi connectivity index (χ0v) is 12.3. The van der Waals surface area contributed by atoms with Crippen LogP contribution < -0.4 is 0 Å². The van der Waals surface area contributed by atoms with Gasteiger partial charge >= 0.3 is 5.97 Å². The molecular formula is C15H14ClNO2S. The fraction of sp³-hybridized carbons (Fsp3) is 0.267. The van der Waals surface area contributed by atoms with Gasteiger partial charge in [-0.3, -0.25) is 9.69 Å². The third-order valence-electron chi connectivity index (χ3n) is 3.62. The summed E-state index contributed by atoms with van der Waals surface area (Å²) in [6.45, 7) is 1.30. The second-order valence-corrected chi connectivity index (χ2v) is 6.42. The Hall–Kier alpha value is -1.36. The molecule has 0 radical (unpaired) electrons. The van der Waals surface area contributed by atoms with Crippen molar-refractivity contribution in [1.29, 1.82) is 0 Å². The Morgan fingerprint density at radius 2 is 2.25 bits per heavy atom. The molecule has 0 aliphatic carbocycles. The lowest BCUT2D eigenvalue weighted by atomic mass is 9.94. The third kappa shape index (κ3) is 2.73. The lowest BCUT2D eigenvalue weighted by Gasteiger charge is -2.34. The maximum atomic E-state index is 11.5. The van der Waals surface area contributed by atoms with Crippen LogP contribution in [0.4, 0.5) is 0 Å². The number of rotatable bonds is 3. The van der Waals surface area contributed by atoms with Crippen molar-refractivity contribution in [2.24, 2.45) is 0 Å². The molecular weight excluding hydrogens is 294 g/mol. The Morgan fingerprint density at radius 1 is 1.40 bits per heavy atom. The van der Waals surface area contributed by atoms with E-state index in [1.54, 1.807) is 11.3 Å². The number of carboxylic acids is 1. The molecule has 1 aromatic carbocycles. The minimum atomic E-state index is -0.762. The van der Waals surface area contributed by atoms with Crippen molar-refractivity contribution in [3.63, 3.8) is 0 Å². The normalized spacial score (nSPS) is 18.8. The van der Waals surface area contributed by atoms with Gasteiger partial charge in [-0.25, -0.2) is 0 Å². The third-order valence-corrected chi connectivity index (χ3v) is 4.72. The van der Waals surface area contributed by atoms with E-state index in [1.165, 1.54) is 4.88 Å². The molecule has 2 aromatic rings. The van der Waals surface area contributed by atoms with Crippen molar-refractivity contribution in [3.05, 3.63) is 56.7 Å². The average molecular weight is 308 g/mol. The first kappa shape index (κ1) is 13.6. The van der Waals surface area contributed by atoms with Gasteiger partial charge in [0, 0.05) is 23.0 Å². The van der Waals surface area contributed by atoms with Gasteiger partial charge in [0.2, 0.25) is 0 Å². The first-order valence-corrected chi connectivity index (χ1v) is 7.66. The molecule has 1 atom stereocenters. The quantitative estimate of drug-likeness (QED) is 0.944. The molecule has 104 valence electrons. The van der Waals surface area contributed by atoms with Crippen LogP contribution in [-0.4, -0.2) is 22.0 Å². The number of hydrogen-bond acceptors (Lipinski definition) is 3. The Labute approximate surface area is 126 Å². The highest BCUT2D eigenvalue weighted by Crippen LogP contribution is 2.28. The van der Waals surface area contributed by atoms with E-state index in [-0.39, 0.29) is 0 Å². The van der Waals surface area contributed by atoms with E-state index in [0.717, 1.165) is 11.1 Å². The van der Waals surface area contributed by atoms with Gasteiger partial charge in [-0.1, -0.05) is 23.7 Å². The van der Waals surface area contributed by atoms with Crippen LogP contribution in [0.5, 0.6) is 0 Å². The van der Waals surface area contributed by atoms with Crippen molar-refractivity contribution < 1.29 is 9.90 Å². The molecule has 1 aliphatic heterocycles. The molecule has 2 heterocycles. The molecule has 1 unspecified atom stereocenters. The monoisotopic (exact) mass is 307 g/mol. The fourth-order valence-corrected chi connectivity index (χ4v) is 3.54. The number of nitrogens with zero attached hydrogens (tertiary/aromatic N) is 1. The maximum absolute atomic E-state index is 11.5. The van der Waals surface area contributed by atoms with Gasteiger partial charge in [-0.15, -0.1) is 11.3 Å². The van der Waals surface area contributed by atoms with Crippen LogP contribution in [0, 0.1) is 0 Å². The van der Waals surface area contributed by atoms with Gasteiger partial charge in [0.05, 0.1) is 0 Å². The number of carboxylic acid groups (broad SMARTS) is 1. The molecule has 1 N–H and O–H groups in total. The summed E-state index contributed by atoms with van der Waals surface area (Å²) in [5.74, 6) is -0.762. The number of thiophene rings is 1. The Kier molecular flexibility index (Phi) is 3.78. The van der Waals surface area contributed by atoms with E-state index >= 15 is 0 Å².